The van der Waals surface area contributed by atoms with Crippen molar-refractivity contribution in [2.45, 2.75) is 42.8 Å². The number of hydrogen-bond acceptors (Lipinski definition) is 5. The van der Waals surface area contributed by atoms with Crippen molar-refractivity contribution >= 4 is 28.6 Å². The van der Waals surface area contributed by atoms with Crippen LogP contribution in [0.4, 0.5) is 4.39 Å². The van der Waals surface area contributed by atoms with Crippen molar-refractivity contribution in [2.24, 2.45) is 0 Å². The molecular weight excluding hydrogens is 415 g/mol. The molecule has 1 fully saturated rings. The number of fused-ring (bicyclic) bond motifs is 1. The number of nitriles is 1. The number of rotatable bonds is 5. The van der Waals surface area contributed by atoms with E-state index in [0.29, 0.717) is 34.6 Å². The number of carbonyl (C=O) groups is 1. The zero-order valence-corrected chi connectivity index (χ0v) is 17.6. The monoisotopic (exact) mass is 436 g/mol. The average Bonchev–Trinajstić information content (AvgIpc) is 2.79. The molecule has 0 bridgehead atoms. The van der Waals surface area contributed by atoms with Gasteiger partial charge in [0.15, 0.2) is 5.16 Å². The minimum atomic E-state index is -0.816. The third-order valence-corrected chi connectivity index (χ3v) is 6.40. The van der Waals surface area contributed by atoms with Gasteiger partial charge in [0.25, 0.3) is 5.56 Å². The number of aromatic nitrogens is 2. The summed E-state index contributed by atoms with van der Waals surface area (Å²) in [6.07, 6.45) is 4.19. The summed E-state index contributed by atoms with van der Waals surface area (Å²) >= 11 is 1.12. The van der Waals surface area contributed by atoms with E-state index in [1.165, 1.54) is 28.8 Å². The largest absolute Gasteiger partial charge is 0.337 e. The van der Waals surface area contributed by atoms with Crippen LogP contribution in [0.5, 0.6) is 0 Å². The summed E-state index contributed by atoms with van der Waals surface area (Å²) in [6, 6.07) is 14.8. The summed E-state index contributed by atoms with van der Waals surface area (Å²) in [7, 11) is 0. The van der Waals surface area contributed by atoms with Crippen LogP contribution in [0.15, 0.2) is 58.5 Å². The molecule has 31 heavy (non-hydrogen) atoms. The highest BCUT2D eigenvalue weighted by molar-refractivity contribution is 7.99. The normalized spacial score (nSPS) is 15.4. The maximum Gasteiger partial charge on any atom is 0.266 e. The highest BCUT2D eigenvalue weighted by atomic mass is 32.2. The highest BCUT2D eigenvalue weighted by Crippen LogP contribution is 2.28. The van der Waals surface area contributed by atoms with E-state index in [9.17, 15) is 19.2 Å². The van der Waals surface area contributed by atoms with Gasteiger partial charge in [0.2, 0.25) is 5.91 Å². The van der Waals surface area contributed by atoms with Crippen LogP contribution >= 0.6 is 11.8 Å². The fourth-order valence-corrected chi connectivity index (χ4v) is 4.69. The second kappa shape index (κ2) is 8.90. The average molecular weight is 437 g/mol. The minimum absolute atomic E-state index is 0.00933. The maximum absolute atomic E-state index is 13.4. The summed E-state index contributed by atoms with van der Waals surface area (Å²) in [5.74, 6) is -0.676. The van der Waals surface area contributed by atoms with Crippen molar-refractivity contribution in [3.8, 4) is 11.8 Å². The van der Waals surface area contributed by atoms with Crippen LogP contribution in [-0.4, -0.2) is 26.8 Å². The van der Waals surface area contributed by atoms with Gasteiger partial charge in [-0.1, -0.05) is 43.2 Å². The van der Waals surface area contributed by atoms with E-state index in [0.717, 1.165) is 31.0 Å². The summed E-state index contributed by atoms with van der Waals surface area (Å²) in [5.41, 5.74) is -0.118. The Labute approximate surface area is 183 Å². The van der Waals surface area contributed by atoms with Crippen LogP contribution in [0.25, 0.3) is 16.6 Å². The second-order valence-electron chi connectivity index (χ2n) is 7.62. The molecule has 1 N–H and O–H groups in total. The SMILES string of the molecule is N#CC1(NC(=O)CSc2nc3ccccc3c(=O)n2-c2ccc(F)cc2)CCCCC1. The summed E-state index contributed by atoms with van der Waals surface area (Å²) < 4.78 is 14.8. The van der Waals surface area contributed by atoms with Crippen LogP contribution in [0, 0.1) is 17.1 Å². The number of benzene rings is 2. The lowest BCUT2D eigenvalue weighted by atomic mass is 9.83. The van der Waals surface area contributed by atoms with E-state index in [4.69, 9.17) is 0 Å². The van der Waals surface area contributed by atoms with Crippen LogP contribution < -0.4 is 10.9 Å². The maximum atomic E-state index is 13.4. The van der Waals surface area contributed by atoms with Crippen molar-refractivity contribution in [2.75, 3.05) is 5.75 Å². The van der Waals surface area contributed by atoms with E-state index in [1.54, 1.807) is 24.3 Å². The van der Waals surface area contributed by atoms with E-state index in [-0.39, 0.29) is 17.2 Å². The van der Waals surface area contributed by atoms with Crippen LogP contribution in [0.1, 0.15) is 32.1 Å². The molecule has 1 aliphatic rings. The van der Waals surface area contributed by atoms with Crippen molar-refractivity contribution in [1.29, 1.82) is 5.26 Å². The zero-order chi connectivity index (χ0) is 21.8. The quantitative estimate of drug-likeness (QED) is 0.483. The van der Waals surface area contributed by atoms with Crippen molar-refractivity contribution in [3.05, 3.63) is 64.7 Å². The lowest BCUT2D eigenvalue weighted by Gasteiger charge is -2.31. The van der Waals surface area contributed by atoms with Gasteiger partial charge in [-0.3, -0.25) is 14.2 Å². The lowest BCUT2D eigenvalue weighted by Crippen LogP contribution is -2.49. The second-order valence-corrected chi connectivity index (χ2v) is 8.56. The third-order valence-electron chi connectivity index (χ3n) is 5.46. The van der Waals surface area contributed by atoms with E-state index in [1.807, 2.05) is 0 Å². The number of halogens is 1. The molecule has 1 aromatic heterocycles. The Bertz CT molecular complexity index is 1210. The number of amides is 1. The van der Waals surface area contributed by atoms with Gasteiger partial charge in [0.1, 0.15) is 11.4 Å². The molecule has 0 aliphatic heterocycles. The molecule has 1 amide bonds. The predicted octanol–water partition coefficient (Wildman–Crippen LogP) is 3.96. The fraction of sp³-hybridized carbons (Fsp3) is 0.304. The first kappa shape index (κ1) is 21.1. The summed E-state index contributed by atoms with van der Waals surface area (Å²) in [5, 5.41) is 13.2. The van der Waals surface area contributed by atoms with Crippen molar-refractivity contribution < 1.29 is 9.18 Å². The van der Waals surface area contributed by atoms with Crippen LogP contribution in [0.3, 0.4) is 0 Å². The summed E-state index contributed by atoms with van der Waals surface area (Å²) in [6.45, 7) is 0. The molecule has 1 aliphatic carbocycles. The van der Waals surface area contributed by atoms with Gasteiger partial charge < -0.3 is 5.32 Å². The molecule has 0 radical (unpaired) electrons. The number of nitrogens with zero attached hydrogens (tertiary/aromatic N) is 3. The van der Waals surface area contributed by atoms with Gasteiger partial charge >= 0.3 is 0 Å². The Morgan fingerprint density at radius 3 is 2.58 bits per heavy atom. The van der Waals surface area contributed by atoms with Gasteiger partial charge in [-0.25, -0.2) is 9.37 Å². The smallest absolute Gasteiger partial charge is 0.266 e. The Morgan fingerprint density at radius 1 is 1.16 bits per heavy atom. The Hall–Kier alpha value is -3.18. The summed E-state index contributed by atoms with van der Waals surface area (Å²) in [4.78, 5) is 30.4. The minimum Gasteiger partial charge on any atom is -0.337 e. The molecule has 6 nitrogen and oxygen atoms in total. The molecule has 1 heterocycles. The molecule has 0 unspecified atom stereocenters. The molecule has 2 aromatic carbocycles. The predicted molar refractivity (Wildman–Crippen MR) is 118 cm³/mol. The first-order valence-electron chi connectivity index (χ1n) is 10.1. The van der Waals surface area contributed by atoms with Gasteiger partial charge in [-0.05, 0) is 49.2 Å². The first-order valence-corrected chi connectivity index (χ1v) is 11.1. The van der Waals surface area contributed by atoms with Crippen LogP contribution in [-0.2, 0) is 4.79 Å². The molecule has 0 atom stereocenters. The standard InChI is InChI=1S/C23H21FN4O2S/c24-16-8-10-17(11-9-16)28-21(30)18-6-2-3-7-19(18)26-22(28)31-14-20(29)27-23(15-25)12-4-1-5-13-23/h2-3,6-11H,1,4-5,12-14H2,(H,27,29). The number of para-hydroxylation sites is 1. The zero-order valence-electron chi connectivity index (χ0n) is 16.8. The molecule has 158 valence electrons. The molecule has 0 spiro atoms. The van der Waals surface area contributed by atoms with Gasteiger partial charge in [-0.15, -0.1) is 0 Å². The van der Waals surface area contributed by atoms with Gasteiger partial charge in [0, 0.05) is 0 Å². The molecule has 4 rings (SSSR count). The first-order chi connectivity index (χ1) is 15.0. The van der Waals surface area contributed by atoms with Crippen molar-refractivity contribution in [3.63, 3.8) is 0 Å². The Kier molecular flexibility index (Phi) is 6.05. The molecule has 0 saturated heterocycles. The third kappa shape index (κ3) is 4.47. The lowest BCUT2D eigenvalue weighted by molar-refractivity contribution is -0.120. The van der Waals surface area contributed by atoms with Crippen molar-refractivity contribution in [1.82, 2.24) is 14.9 Å². The number of carbonyl (C=O) groups excluding carboxylic acids is 1. The highest BCUT2D eigenvalue weighted by Gasteiger charge is 2.33. The number of hydrogen-bond donors (Lipinski definition) is 1. The van der Waals surface area contributed by atoms with E-state index < -0.39 is 11.4 Å². The Balaban J connectivity index is 1.64. The molecule has 1 saturated carbocycles. The number of nitrogens with one attached hydrogen (secondary N) is 1. The van der Waals surface area contributed by atoms with E-state index in [2.05, 4.69) is 16.4 Å². The van der Waals surface area contributed by atoms with Gasteiger partial charge in [-0.2, -0.15) is 5.26 Å². The van der Waals surface area contributed by atoms with Crippen LogP contribution in [0.2, 0.25) is 0 Å². The number of thioether (sulfide) groups is 1. The molecule has 8 heteroatoms. The van der Waals surface area contributed by atoms with E-state index >= 15 is 0 Å². The molecule has 3 aromatic rings. The molecular formula is C23H21FN4O2S. The van der Waals surface area contributed by atoms with Gasteiger partial charge in [0.05, 0.1) is 28.4 Å². The topological polar surface area (TPSA) is 87.8 Å². The Morgan fingerprint density at radius 2 is 1.87 bits per heavy atom. The fourth-order valence-electron chi connectivity index (χ4n) is 3.88.